The van der Waals surface area contributed by atoms with Gasteiger partial charge in [-0.2, -0.15) is 0 Å². The highest BCUT2D eigenvalue weighted by Crippen LogP contribution is 2.32. The number of nitrogens with zero attached hydrogens (tertiary/aromatic N) is 2. The number of carbonyl (C=O) groups excluding carboxylic acids is 2. The van der Waals surface area contributed by atoms with Crippen LogP contribution >= 0.6 is 0 Å². The third-order valence-corrected chi connectivity index (χ3v) is 4.69. The number of hydrogen-bond acceptors (Lipinski definition) is 5. The summed E-state index contributed by atoms with van der Waals surface area (Å²) in [5, 5.41) is 11.9. The molecular formula is C18H22FN3O3. The van der Waals surface area contributed by atoms with Gasteiger partial charge in [0.15, 0.2) is 0 Å². The summed E-state index contributed by atoms with van der Waals surface area (Å²) in [7, 11) is 0. The fourth-order valence-corrected chi connectivity index (χ4v) is 3.19. The van der Waals surface area contributed by atoms with Gasteiger partial charge in [-0.15, -0.1) is 0 Å². The number of imide groups is 1. The maximum atomic E-state index is 13.7. The maximum Gasteiger partial charge on any atom is 0.277 e. The Morgan fingerprint density at radius 3 is 2.68 bits per heavy atom. The molecule has 25 heavy (non-hydrogen) atoms. The molecule has 2 N–H and O–H groups in total. The van der Waals surface area contributed by atoms with Gasteiger partial charge in [-0.3, -0.25) is 14.5 Å². The molecule has 2 aliphatic heterocycles. The zero-order valence-electron chi connectivity index (χ0n) is 14.2. The lowest BCUT2D eigenvalue weighted by atomic mass is 9.98. The molecule has 2 aliphatic rings. The van der Waals surface area contributed by atoms with Crippen LogP contribution in [-0.2, 0) is 9.59 Å². The molecule has 0 aliphatic carbocycles. The monoisotopic (exact) mass is 347 g/mol. The number of amides is 2. The third kappa shape index (κ3) is 3.66. The fourth-order valence-electron chi connectivity index (χ4n) is 3.19. The van der Waals surface area contributed by atoms with E-state index in [4.69, 9.17) is 5.11 Å². The van der Waals surface area contributed by atoms with Crippen LogP contribution in [-0.4, -0.2) is 48.1 Å². The Hall–Kier alpha value is -2.41. The molecule has 1 fully saturated rings. The normalized spacial score (nSPS) is 18.8. The van der Waals surface area contributed by atoms with E-state index in [1.807, 2.05) is 0 Å². The quantitative estimate of drug-likeness (QED) is 0.794. The van der Waals surface area contributed by atoms with Gasteiger partial charge in [0.2, 0.25) is 0 Å². The first-order valence-corrected chi connectivity index (χ1v) is 8.49. The Morgan fingerprint density at radius 1 is 1.28 bits per heavy atom. The van der Waals surface area contributed by atoms with Crippen LogP contribution in [0, 0.1) is 11.7 Å². The Labute approximate surface area is 145 Å². The number of aliphatic hydroxyl groups excluding tert-OH is 1. The molecule has 7 heteroatoms. The van der Waals surface area contributed by atoms with E-state index in [2.05, 4.69) is 17.1 Å². The van der Waals surface area contributed by atoms with Crippen LogP contribution in [0.25, 0.3) is 0 Å². The van der Waals surface area contributed by atoms with Crippen molar-refractivity contribution in [3.05, 3.63) is 35.8 Å². The molecule has 0 bridgehead atoms. The van der Waals surface area contributed by atoms with E-state index >= 15 is 0 Å². The highest BCUT2D eigenvalue weighted by molar-refractivity contribution is 6.17. The van der Waals surface area contributed by atoms with Crippen molar-refractivity contribution in [3.63, 3.8) is 0 Å². The average Bonchev–Trinajstić information content (AvgIpc) is 2.84. The van der Waals surface area contributed by atoms with Crippen LogP contribution in [0.2, 0.25) is 0 Å². The highest BCUT2D eigenvalue weighted by atomic mass is 19.1. The molecule has 6 nitrogen and oxygen atoms in total. The second kappa shape index (κ2) is 7.23. The molecule has 0 aromatic heterocycles. The molecule has 0 spiro atoms. The summed E-state index contributed by atoms with van der Waals surface area (Å²) in [5.74, 6) is -0.745. The molecule has 0 unspecified atom stereocenters. The summed E-state index contributed by atoms with van der Waals surface area (Å²) in [5.41, 5.74) is 1.37. The van der Waals surface area contributed by atoms with E-state index in [1.54, 1.807) is 6.07 Å². The van der Waals surface area contributed by atoms with Gasteiger partial charge in [-0.25, -0.2) is 4.39 Å². The first-order valence-electron chi connectivity index (χ1n) is 8.49. The molecular weight excluding hydrogens is 325 g/mol. The SMILES string of the molecule is CC1CCN(c2ccc(F)cc2NC2=CC(=O)N(CCO)C2=O)CC1. The summed E-state index contributed by atoms with van der Waals surface area (Å²) >= 11 is 0. The number of benzene rings is 1. The fraction of sp³-hybridized carbons (Fsp3) is 0.444. The van der Waals surface area contributed by atoms with Crippen molar-refractivity contribution < 1.29 is 19.1 Å². The van der Waals surface area contributed by atoms with E-state index in [0.29, 0.717) is 11.6 Å². The minimum absolute atomic E-state index is 0.0562. The molecule has 1 saturated heterocycles. The van der Waals surface area contributed by atoms with Crippen LogP contribution in [0.1, 0.15) is 19.8 Å². The zero-order valence-corrected chi connectivity index (χ0v) is 14.2. The van der Waals surface area contributed by atoms with E-state index in [1.165, 1.54) is 18.2 Å². The van der Waals surface area contributed by atoms with Gasteiger partial charge in [0, 0.05) is 19.2 Å². The van der Waals surface area contributed by atoms with Crippen LogP contribution in [0.4, 0.5) is 15.8 Å². The standard InChI is InChI=1S/C18H22FN3O3/c1-12-4-6-21(7-5-12)16-3-2-13(19)10-14(16)20-15-11-17(24)22(8-9-23)18(15)25/h2-3,10-12,20,23H,4-9H2,1H3. The number of β-amino-alcohol motifs (C(OH)–C–C–N with tert-alkyl or cyclic N) is 1. The Balaban J connectivity index is 1.83. The minimum atomic E-state index is -0.512. The predicted molar refractivity (Wildman–Crippen MR) is 92.5 cm³/mol. The lowest BCUT2D eigenvalue weighted by Gasteiger charge is -2.33. The van der Waals surface area contributed by atoms with E-state index < -0.39 is 17.6 Å². The molecule has 3 rings (SSSR count). The molecule has 134 valence electrons. The largest absolute Gasteiger partial charge is 0.395 e. The minimum Gasteiger partial charge on any atom is -0.395 e. The summed E-state index contributed by atoms with van der Waals surface area (Å²) in [6.07, 6.45) is 3.30. The summed E-state index contributed by atoms with van der Waals surface area (Å²) in [6, 6.07) is 4.42. The molecule has 1 aromatic carbocycles. The molecule has 0 saturated carbocycles. The maximum absolute atomic E-state index is 13.7. The van der Waals surface area contributed by atoms with Gasteiger partial charge in [-0.05, 0) is 37.0 Å². The molecule has 0 atom stereocenters. The predicted octanol–water partition coefficient (Wildman–Crippen LogP) is 1.72. The van der Waals surface area contributed by atoms with Gasteiger partial charge in [-0.1, -0.05) is 6.92 Å². The van der Waals surface area contributed by atoms with Crippen LogP contribution in [0.5, 0.6) is 0 Å². The number of anilines is 2. The lowest BCUT2D eigenvalue weighted by molar-refractivity contribution is -0.137. The smallest absolute Gasteiger partial charge is 0.277 e. The number of rotatable bonds is 5. The zero-order chi connectivity index (χ0) is 18.0. The molecule has 0 radical (unpaired) electrons. The second-order valence-electron chi connectivity index (χ2n) is 6.53. The van der Waals surface area contributed by atoms with E-state index in [9.17, 15) is 14.0 Å². The Morgan fingerprint density at radius 2 is 2.00 bits per heavy atom. The van der Waals surface area contributed by atoms with Crippen molar-refractivity contribution >= 4 is 23.2 Å². The second-order valence-corrected chi connectivity index (χ2v) is 6.53. The number of piperidine rings is 1. The van der Waals surface area contributed by atoms with Crippen LogP contribution < -0.4 is 10.2 Å². The number of nitrogens with one attached hydrogen (secondary N) is 1. The van der Waals surface area contributed by atoms with Gasteiger partial charge in [0.05, 0.1) is 24.5 Å². The first-order chi connectivity index (χ1) is 12.0. The molecule has 2 heterocycles. The van der Waals surface area contributed by atoms with Gasteiger partial charge in [0.1, 0.15) is 11.5 Å². The van der Waals surface area contributed by atoms with Crippen molar-refractivity contribution in [1.29, 1.82) is 0 Å². The number of aliphatic hydroxyl groups is 1. The van der Waals surface area contributed by atoms with Crippen LogP contribution in [0.3, 0.4) is 0 Å². The Bertz CT molecular complexity index is 712. The average molecular weight is 347 g/mol. The highest BCUT2D eigenvalue weighted by Gasteiger charge is 2.31. The Kier molecular flexibility index (Phi) is 5.03. The number of halogens is 1. The molecule has 1 aromatic rings. The van der Waals surface area contributed by atoms with Crippen molar-refractivity contribution in [2.24, 2.45) is 5.92 Å². The van der Waals surface area contributed by atoms with Gasteiger partial charge in [0.25, 0.3) is 11.8 Å². The summed E-state index contributed by atoms with van der Waals surface area (Å²) < 4.78 is 13.7. The lowest BCUT2D eigenvalue weighted by Crippen LogP contribution is -2.35. The number of hydrogen-bond donors (Lipinski definition) is 2. The van der Waals surface area contributed by atoms with Crippen LogP contribution in [0.15, 0.2) is 30.0 Å². The molecule has 2 amide bonds. The van der Waals surface area contributed by atoms with Gasteiger partial charge < -0.3 is 15.3 Å². The topological polar surface area (TPSA) is 72.9 Å². The van der Waals surface area contributed by atoms with Gasteiger partial charge >= 0.3 is 0 Å². The first kappa shape index (κ1) is 17.4. The summed E-state index contributed by atoms with van der Waals surface area (Å²) in [4.78, 5) is 27.3. The summed E-state index contributed by atoms with van der Waals surface area (Å²) in [6.45, 7) is 3.59. The van der Waals surface area contributed by atoms with E-state index in [-0.39, 0.29) is 18.8 Å². The van der Waals surface area contributed by atoms with Crippen molar-refractivity contribution in [3.8, 4) is 0 Å². The van der Waals surface area contributed by atoms with Crippen molar-refractivity contribution in [2.45, 2.75) is 19.8 Å². The third-order valence-electron chi connectivity index (χ3n) is 4.69. The van der Waals surface area contributed by atoms with Crippen molar-refractivity contribution in [2.75, 3.05) is 36.5 Å². The van der Waals surface area contributed by atoms with E-state index in [0.717, 1.165) is 36.5 Å². The van der Waals surface area contributed by atoms with Crippen molar-refractivity contribution in [1.82, 2.24) is 4.90 Å². The number of carbonyl (C=O) groups is 2.